The average Bonchev–Trinajstić information content (AvgIpc) is 2.85. The minimum Gasteiger partial charge on any atom is -0.481 e. The van der Waals surface area contributed by atoms with Gasteiger partial charge in [-0.25, -0.2) is 4.79 Å². The van der Waals surface area contributed by atoms with Crippen LogP contribution in [-0.4, -0.2) is 53.6 Å². The van der Waals surface area contributed by atoms with Crippen LogP contribution in [0.25, 0.3) is 0 Å². The molecule has 0 aromatic carbocycles. The molecule has 1 aliphatic heterocycles. The molecule has 1 rings (SSSR count). The van der Waals surface area contributed by atoms with Gasteiger partial charge in [-0.1, -0.05) is 13.3 Å². The van der Waals surface area contributed by atoms with E-state index in [1.54, 1.807) is 13.8 Å². The Balaban J connectivity index is 2.61. The van der Waals surface area contributed by atoms with Crippen LogP contribution in [0.4, 0.5) is 4.79 Å². The lowest BCUT2D eigenvalue weighted by Gasteiger charge is -2.25. The highest BCUT2D eigenvalue weighted by Crippen LogP contribution is 2.35. The fraction of sp³-hybridized carbons (Fsp3) is 0.786. The number of nitrogens with one attached hydrogen (secondary N) is 2. The van der Waals surface area contributed by atoms with Gasteiger partial charge in [-0.3, -0.25) is 9.59 Å². The molecule has 1 heterocycles. The maximum absolute atomic E-state index is 12.1. The molecule has 21 heavy (non-hydrogen) atoms. The molecule has 3 N–H and O–H groups in total. The molecule has 0 aliphatic carbocycles. The molecular weight excluding hydrogens is 274 g/mol. The van der Waals surface area contributed by atoms with Gasteiger partial charge in [-0.2, -0.15) is 0 Å². The van der Waals surface area contributed by atoms with Crippen molar-refractivity contribution in [3.05, 3.63) is 0 Å². The van der Waals surface area contributed by atoms with Crippen molar-refractivity contribution < 1.29 is 19.5 Å². The molecule has 0 spiro atoms. The summed E-state index contributed by atoms with van der Waals surface area (Å²) >= 11 is 0. The maximum Gasteiger partial charge on any atom is 0.318 e. The Labute approximate surface area is 125 Å². The monoisotopic (exact) mass is 299 g/mol. The molecule has 2 atom stereocenters. The van der Waals surface area contributed by atoms with E-state index in [0.29, 0.717) is 25.9 Å². The van der Waals surface area contributed by atoms with Gasteiger partial charge in [0.05, 0.1) is 5.41 Å². The van der Waals surface area contributed by atoms with Crippen molar-refractivity contribution in [2.24, 2.45) is 5.41 Å². The molecule has 0 bridgehead atoms. The number of hydrogen-bond donors (Lipinski definition) is 3. The lowest BCUT2D eigenvalue weighted by molar-refractivity contribution is -0.148. The summed E-state index contributed by atoms with van der Waals surface area (Å²) in [7, 11) is 0. The van der Waals surface area contributed by atoms with Crippen LogP contribution in [0, 0.1) is 5.41 Å². The summed E-state index contributed by atoms with van der Waals surface area (Å²) in [6.07, 6.45) is 1.77. The Bertz CT molecular complexity index is 413. The van der Waals surface area contributed by atoms with E-state index < -0.39 is 17.4 Å². The smallest absolute Gasteiger partial charge is 0.318 e. The second kappa shape index (κ2) is 7.28. The Morgan fingerprint density at radius 2 is 2.00 bits per heavy atom. The molecule has 7 nitrogen and oxygen atoms in total. The largest absolute Gasteiger partial charge is 0.481 e. The Kier molecular flexibility index (Phi) is 5.99. The predicted octanol–water partition coefficient (Wildman–Crippen LogP) is 0.797. The highest BCUT2D eigenvalue weighted by molar-refractivity contribution is 5.87. The van der Waals surface area contributed by atoms with Crippen molar-refractivity contribution in [1.29, 1.82) is 0 Å². The van der Waals surface area contributed by atoms with Crippen molar-refractivity contribution in [2.45, 2.75) is 46.1 Å². The number of amides is 3. The number of rotatable bonds is 6. The zero-order valence-electron chi connectivity index (χ0n) is 12.9. The number of carboxylic acid groups (broad SMARTS) is 1. The molecule has 7 heteroatoms. The summed E-state index contributed by atoms with van der Waals surface area (Å²) in [4.78, 5) is 36.7. The van der Waals surface area contributed by atoms with Gasteiger partial charge in [0, 0.05) is 19.6 Å². The molecule has 120 valence electrons. The van der Waals surface area contributed by atoms with Crippen molar-refractivity contribution in [2.75, 3.05) is 19.6 Å². The first-order chi connectivity index (χ1) is 9.86. The normalized spacial score (nSPS) is 22.7. The average molecular weight is 299 g/mol. The summed E-state index contributed by atoms with van der Waals surface area (Å²) in [5.41, 5.74) is -0.846. The van der Waals surface area contributed by atoms with Crippen molar-refractivity contribution >= 4 is 17.9 Å². The standard InChI is InChI=1S/C14H25N3O4/c1-4-6-14(12(19)20)7-8-17(9-14)13(21)16-10(3)11(18)15-5-2/h10H,4-9H2,1-3H3,(H,15,18)(H,16,21)(H,19,20). The lowest BCUT2D eigenvalue weighted by Crippen LogP contribution is -2.50. The van der Waals surface area contributed by atoms with E-state index in [2.05, 4.69) is 10.6 Å². The second-order valence-corrected chi connectivity index (χ2v) is 5.57. The highest BCUT2D eigenvalue weighted by Gasteiger charge is 2.45. The van der Waals surface area contributed by atoms with E-state index in [9.17, 15) is 19.5 Å². The Morgan fingerprint density at radius 1 is 1.33 bits per heavy atom. The number of carbonyl (C=O) groups excluding carboxylic acids is 2. The van der Waals surface area contributed by atoms with Crippen LogP contribution in [0.3, 0.4) is 0 Å². The van der Waals surface area contributed by atoms with E-state index in [0.717, 1.165) is 6.42 Å². The summed E-state index contributed by atoms with van der Waals surface area (Å²) in [6.45, 7) is 6.45. The third kappa shape index (κ3) is 4.09. The molecule has 1 fully saturated rings. The first-order valence-electron chi connectivity index (χ1n) is 7.43. The predicted molar refractivity (Wildman–Crippen MR) is 77.8 cm³/mol. The number of urea groups is 1. The van der Waals surface area contributed by atoms with Crippen LogP contribution in [0.5, 0.6) is 0 Å². The van der Waals surface area contributed by atoms with E-state index in [1.807, 2.05) is 6.92 Å². The zero-order valence-corrected chi connectivity index (χ0v) is 12.9. The number of aliphatic carboxylic acids is 1. The van der Waals surface area contributed by atoms with Gasteiger partial charge in [0.25, 0.3) is 0 Å². The Hall–Kier alpha value is -1.79. The van der Waals surface area contributed by atoms with Gasteiger partial charge in [0.2, 0.25) is 5.91 Å². The maximum atomic E-state index is 12.1. The van der Waals surface area contributed by atoms with Gasteiger partial charge < -0.3 is 20.6 Å². The quantitative estimate of drug-likeness (QED) is 0.675. The van der Waals surface area contributed by atoms with Crippen molar-refractivity contribution in [3.63, 3.8) is 0 Å². The number of nitrogens with zero attached hydrogens (tertiary/aromatic N) is 1. The first kappa shape index (κ1) is 17.3. The summed E-state index contributed by atoms with van der Waals surface area (Å²) in [5, 5.41) is 14.6. The molecule has 0 saturated carbocycles. The van der Waals surface area contributed by atoms with Crippen molar-refractivity contribution in [3.8, 4) is 0 Å². The summed E-state index contributed by atoms with van der Waals surface area (Å²) < 4.78 is 0. The van der Waals surface area contributed by atoms with E-state index in [4.69, 9.17) is 0 Å². The van der Waals surface area contributed by atoms with Crippen LogP contribution >= 0.6 is 0 Å². The molecule has 0 aromatic rings. The van der Waals surface area contributed by atoms with E-state index >= 15 is 0 Å². The molecule has 1 saturated heterocycles. The fourth-order valence-corrected chi connectivity index (χ4v) is 2.68. The molecule has 0 aromatic heterocycles. The molecule has 2 unspecified atom stereocenters. The van der Waals surface area contributed by atoms with Crippen LogP contribution in [0.2, 0.25) is 0 Å². The summed E-state index contributed by atoms with van der Waals surface area (Å²) in [5.74, 6) is -1.10. The van der Waals surface area contributed by atoms with Crippen molar-refractivity contribution in [1.82, 2.24) is 15.5 Å². The first-order valence-corrected chi connectivity index (χ1v) is 7.43. The second-order valence-electron chi connectivity index (χ2n) is 5.57. The zero-order chi connectivity index (χ0) is 16.0. The van der Waals surface area contributed by atoms with E-state index in [-0.39, 0.29) is 18.5 Å². The van der Waals surface area contributed by atoms with Gasteiger partial charge >= 0.3 is 12.0 Å². The van der Waals surface area contributed by atoms with Gasteiger partial charge in [-0.15, -0.1) is 0 Å². The van der Waals surface area contributed by atoms with Crippen LogP contribution in [0.1, 0.15) is 40.0 Å². The fourth-order valence-electron chi connectivity index (χ4n) is 2.68. The molecule has 0 radical (unpaired) electrons. The SMILES string of the molecule is CCCC1(C(=O)O)CCN(C(=O)NC(C)C(=O)NCC)C1. The number of likely N-dealkylation sites (tertiary alicyclic amines) is 1. The third-order valence-corrected chi connectivity index (χ3v) is 3.91. The number of likely N-dealkylation sites (N-methyl/N-ethyl adjacent to an activating group) is 1. The van der Waals surface area contributed by atoms with Crippen LogP contribution in [0.15, 0.2) is 0 Å². The van der Waals surface area contributed by atoms with Gasteiger partial charge in [-0.05, 0) is 26.7 Å². The number of hydrogen-bond acceptors (Lipinski definition) is 3. The number of carboxylic acids is 1. The van der Waals surface area contributed by atoms with Gasteiger partial charge in [0.1, 0.15) is 6.04 Å². The minimum absolute atomic E-state index is 0.199. The summed E-state index contributed by atoms with van der Waals surface area (Å²) in [6, 6.07) is -1.02. The topological polar surface area (TPSA) is 98.7 Å². The molecule has 3 amide bonds. The number of carbonyl (C=O) groups is 3. The molecule has 1 aliphatic rings. The molecular formula is C14H25N3O4. The minimum atomic E-state index is -0.851. The highest BCUT2D eigenvalue weighted by atomic mass is 16.4. The van der Waals surface area contributed by atoms with E-state index in [1.165, 1.54) is 4.90 Å². The van der Waals surface area contributed by atoms with Crippen LogP contribution in [-0.2, 0) is 9.59 Å². The van der Waals surface area contributed by atoms with Gasteiger partial charge in [0.15, 0.2) is 0 Å². The lowest BCUT2D eigenvalue weighted by atomic mass is 9.83. The third-order valence-electron chi connectivity index (χ3n) is 3.91. The Morgan fingerprint density at radius 3 is 2.52 bits per heavy atom. The van der Waals surface area contributed by atoms with Crippen LogP contribution < -0.4 is 10.6 Å².